The maximum absolute atomic E-state index is 9.98. The molecule has 4 nitrogen and oxygen atoms in total. The van der Waals surface area contributed by atoms with Crippen LogP contribution in [0.1, 0.15) is 11.1 Å². The molecule has 0 spiro atoms. The molecule has 2 aromatic carbocycles. The second kappa shape index (κ2) is 9.18. The zero-order chi connectivity index (χ0) is 15.1. The van der Waals surface area contributed by atoms with Crippen LogP contribution < -0.4 is 14.8 Å². The van der Waals surface area contributed by atoms with E-state index < -0.39 is 0 Å². The van der Waals surface area contributed by atoms with Gasteiger partial charge in [0.2, 0.25) is 0 Å². The monoisotopic (exact) mass is 323 g/mol. The van der Waals surface area contributed by atoms with E-state index in [2.05, 4.69) is 17.4 Å². The number of phenolic OH excluding ortho intramolecular Hbond substituents is 1. The quantitative estimate of drug-likeness (QED) is 0.768. The second-order valence-corrected chi connectivity index (χ2v) is 4.74. The lowest BCUT2D eigenvalue weighted by Gasteiger charge is -2.10. The Morgan fingerprint density at radius 2 is 1.73 bits per heavy atom. The van der Waals surface area contributed by atoms with E-state index in [-0.39, 0.29) is 18.2 Å². The van der Waals surface area contributed by atoms with Gasteiger partial charge >= 0.3 is 0 Å². The van der Waals surface area contributed by atoms with Crippen LogP contribution in [-0.2, 0) is 13.0 Å². The number of benzene rings is 2. The first kappa shape index (κ1) is 18.1. The van der Waals surface area contributed by atoms with Crippen LogP contribution in [0, 0.1) is 0 Å². The highest BCUT2D eigenvalue weighted by Gasteiger charge is 2.06. The van der Waals surface area contributed by atoms with Crippen molar-refractivity contribution < 1.29 is 14.6 Å². The van der Waals surface area contributed by atoms with Crippen molar-refractivity contribution >= 4 is 12.4 Å². The van der Waals surface area contributed by atoms with Crippen LogP contribution >= 0.6 is 12.4 Å². The van der Waals surface area contributed by atoms with E-state index >= 15 is 0 Å². The Morgan fingerprint density at radius 1 is 1.00 bits per heavy atom. The minimum absolute atomic E-state index is 0. The molecule has 0 aliphatic rings. The average molecular weight is 324 g/mol. The molecule has 0 amide bonds. The van der Waals surface area contributed by atoms with Crippen molar-refractivity contribution in [3.05, 3.63) is 53.6 Å². The molecule has 5 heteroatoms. The maximum atomic E-state index is 9.98. The topological polar surface area (TPSA) is 50.7 Å². The van der Waals surface area contributed by atoms with Gasteiger partial charge in [0.15, 0.2) is 11.5 Å². The Morgan fingerprint density at radius 3 is 2.36 bits per heavy atom. The van der Waals surface area contributed by atoms with Gasteiger partial charge in [0.1, 0.15) is 5.75 Å². The predicted octanol–water partition coefficient (Wildman–Crippen LogP) is 3.16. The van der Waals surface area contributed by atoms with Gasteiger partial charge in [-0.25, -0.2) is 0 Å². The average Bonchev–Trinajstić information content (AvgIpc) is 2.53. The van der Waals surface area contributed by atoms with Gasteiger partial charge in [-0.15, -0.1) is 12.4 Å². The van der Waals surface area contributed by atoms with Gasteiger partial charge in [0.05, 0.1) is 14.2 Å². The second-order valence-electron chi connectivity index (χ2n) is 4.74. The van der Waals surface area contributed by atoms with E-state index in [1.165, 1.54) is 5.56 Å². The Hall–Kier alpha value is -1.91. The summed E-state index contributed by atoms with van der Waals surface area (Å²) in [4.78, 5) is 0. The van der Waals surface area contributed by atoms with Crippen molar-refractivity contribution in [2.24, 2.45) is 0 Å². The molecule has 2 aromatic rings. The van der Waals surface area contributed by atoms with E-state index in [1.54, 1.807) is 20.3 Å². The lowest BCUT2D eigenvalue weighted by molar-refractivity contribution is 0.369. The van der Waals surface area contributed by atoms with Gasteiger partial charge in [0, 0.05) is 12.1 Å². The summed E-state index contributed by atoms with van der Waals surface area (Å²) < 4.78 is 10.2. The molecule has 2 N–H and O–H groups in total. The van der Waals surface area contributed by atoms with Crippen molar-refractivity contribution in [1.82, 2.24) is 5.32 Å². The first-order valence-electron chi connectivity index (χ1n) is 6.93. The number of methoxy groups -OCH3 is 2. The Kier molecular flexibility index (Phi) is 7.57. The summed E-state index contributed by atoms with van der Waals surface area (Å²) in [6, 6.07) is 13.5. The number of rotatable bonds is 7. The number of para-hydroxylation sites is 1. The van der Waals surface area contributed by atoms with Crippen molar-refractivity contribution in [3.8, 4) is 17.2 Å². The van der Waals surface area contributed by atoms with E-state index in [0.29, 0.717) is 12.3 Å². The molecule has 0 fully saturated rings. The molecular weight excluding hydrogens is 302 g/mol. The summed E-state index contributed by atoms with van der Waals surface area (Å²) in [7, 11) is 3.22. The largest absolute Gasteiger partial charge is 0.504 e. The first-order chi connectivity index (χ1) is 10.2. The van der Waals surface area contributed by atoms with Crippen molar-refractivity contribution in [1.29, 1.82) is 0 Å². The molecule has 0 atom stereocenters. The lowest BCUT2D eigenvalue weighted by atomic mass is 10.1. The molecule has 0 bridgehead atoms. The third kappa shape index (κ3) is 4.83. The number of hydrogen-bond donors (Lipinski definition) is 2. The molecule has 0 saturated heterocycles. The van der Waals surface area contributed by atoms with Gasteiger partial charge in [0.25, 0.3) is 0 Å². The Balaban J connectivity index is 0.00000242. The zero-order valence-corrected chi connectivity index (χ0v) is 13.7. The smallest absolute Gasteiger partial charge is 0.162 e. The van der Waals surface area contributed by atoms with Crippen LogP contribution in [0.2, 0.25) is 0 Å². The number of phenols is 1. The van der Waals surface area contributed by atoms with Crippen LogP contribution in [0.15, 0.2) is 42.5 Å². The molecule has 0 unspecified atom stereocenters. The van der Waals surface area contributed by atoms with Gasteiger partial charge < -0.3 is 19.9 Å². The lowest BCUT2D eigenvalue weighted by Crippen LogP contribution is -2.16. The van der Waals surface area contributed by atoms with Crippen LogP contribution in [-0.4, -0.2) is 25.9 Å². The van der Waals surface area contributed by atoms with Crippen molar-refractivity contribution in [3.63, 3.8) is 0 Å². The molecule has 2 rings (SSSR count). The van der Waals surface area contributed by atoms with Crippen LogP contribution in [0.4, 0.5) is 0 Å². The highest BCUT2D eigenvalue weighted by atomic mass is 35.5. The third-order valence-electron chi connectivity index (χ3n) is 3.37. The number of ether oxygens (including phenoxy) is 2. The fraction of sp³-hybridized carbons (Fsp3) is 0.294. The molecule has 120 valence electrons. The minimum atomic E-state index is 0. The van der Waals surface area contributed by atoms with Gasteiger partial charge in [-0.1, -0.05) is 24.3 Å². The Bertz CT molecular complexity index is 573. The van der Waals surface area contributed by atoms with Gasteiger partial charge in [-0.05, 0) is 36.7 Å². The highest BCUT2D eigenvalue weighted by Crippen LogP contribution is 2.29. The summed E-state index contributed by atoms with van der Waals surface area (Å²) >= 11 is 0. The fourth-order valence-electron chi connectivity index (χ4n) is 2.12. The first-order valence-corrected chi connectivity index (χ1v) is 6.93. The molecular formula is C17H22ClNO3. The van der Waals surface area contributed by atoms with Crippen LogP contribution in [0.5, 0.6) is 17.2 Å². The van der Waals surface area contributed by atoms with E-state index in [0.717, 1.165) is 24.3 Å². The van der Waals surface area contributed by atoms with Gasteiger partial charge in [-0.3, -0.25) is 0 Å². The number of nitrogens with one attached hydrogen (secondary N) is 1. The van der Waals surface area contributed by atoms with E-state index in [1.807, 2.05) is 24.3 Å². The number of aromatic hydroxyl groups is 1. The molecule has 0 aliphatic heterocycles. The molecule has 0 aliphatic carbocycles. The summed E-state index contributed by atoms with van der Waals surface area (Å²) in [6.45, 7) is 1.45. The minimum Gasteiger partial charge on any atom is -0.504 e. The SMILES string of the molecule is COc1ccc(CCNCc2cccc(OC)c2O)cc1.Cl. The molecule has 0 saturated carbocycles. The van der Waals surface area contributed by atoms with Crippen molar-refractivity contribution in [2.75, 3.05) is 20.8 Å². The maximum Gasteiger partial charge on any atom is 0.162 e. The van der Waals surface area contributed by atoms with Gasteiger partial charge in [-0.2, -0.15) is 0 Å². The number of halogens is 1. The van der Waals surface area contributed by atoms with E-state index in [9.17, 15) is 5.11 Å². The summed E-state index contributed by atoms with van der Waals surface area (Å²) in [5, 5.41) is 13.3. The normalized spacial score (nSPS) is 9.91. The van der Waals surface area contributed by atoms with Crippen LogP contribution in [0.3, 0.4) is 0 Å². The molecule has 0 aromatic heterocycles. The Labute approximate surface area is 137 Å². The predicted molar refractivity (Wildman–Crippen MR) is 90.3 cm³/mol. The summed E-state index contributed by atoms with van der Waals surface area (Å²) in [5.74, 6) is 1.58. The standard InChI is InChI=1S/C17H21NO3.ClH/c1-20-15-8-6-13(7-9-15)10-11-18-12-14-4-3-5-16(21-2)17(14)19;/h3-9,18-19H,10-12H2,1-2H3;1H. The van der Waals surface area contributed by atoms with E-state index in [4.69, 9.17) is 9.47 Å². The number of hydrogen-bond acceptors (Lipinski definition) is 4. The zero-order valence-electron chi connectivity index (χ0n) is 12.8. The molecule has 0 radical (unpaired) electrons. The van der Waals surface area contributed by atoms with Crippen LogP contribution in [0.25, 0.3) is 0 Å². The molecule has 22 heavy (non-hydrogen) atoms. The summed E-state index contributed by atoms with van der Waals surface area (Å²) in [6.07, 6.45) is 0.925. The third-order valence-corrected chi connectivity index (χ3v) is 3.37. The van der Waals surface area contributed by atoms with Crippen molar-refractivity contribution in [2.45, 2.75) is 13.0 Å². The molecule has 0 heterocycles. The highest BCUT2D eigenvalue weighted by molar-refractivity contribution is 5.85. The fourth-order valence-corrected chi connectivity index (χ4v) is 2.12. The summed E-state index contributed by atoms with van der Waals surface area (Å²) in [5.41, 5.74) is 2.09.